The van der Waals surface area contributed by atoms with Crippen molar-refractivity contribution in [3.8, 4) is 0 Å². The Morgan fingerprint density at radius 2 is 1.97 bits per heavy atom. The van der Waals surface area contributed by atoms with Gasteiger partial charge in [-0.2, -0.15) is 0 Å². The number of carbonyl (C=O) groups is 2. The highest BCUT2D eigenvalue weighted by molar-refractivity contribution is 8.26. The fraction of sp³-hybridized carbons (Fsp3) is 0.0909. The number of benzene rings is 2. The zero-order valence-electron chi connectivity index (χ0n) is 15.2. The topological polar surface area (TPSA) is 70.5 Å². The van der Waals surface area contributed by atoms with E-state index in [1.54, 1.807) is 12.3 Å². The number of hydrogen-bond donors (Lipinski definition) is 1. The van der Waals surface area contributed by atoms with Gasteiger partial charge in [-0.1, -0.05) is 66.4 Å². The standard InChI is InChI=1S/C22H16N2O3S2/c25-20-19(13-15-8-9-17-16(11-15)7-4-10-23-17)29-22(28)24(20)18(21(26)27)12-14-5-2-1-3-6-14/h1-11,13,18H,12H2,(H,26,27)/b19-13-. The monoisotopic (exact) mass is 420 g/mol. The quantitative estimate of drug-likeness (QED) is 0.494. The third-order valence-electron chi connectivity index (χ3n) is 4.62. The van der Waals surface area contributed by atoms with Gasteiger partial charge in [0.1, 0.15) is 10.4 Å². The predicted octanol–water partition coefficient (Wildman–Crippen LogP) is 4.13. The van der Waals surface area contributed by atoms with Gasteiger partial charge in [0.05, 0.1) is 10.4 Å². The van der Waals surface area contributed by atoms with Crippen molar-refractivity contribution in [2.75, 3.05) is 0 Å². The molecule has 0 spiro atoms. The van der Waals surface area contributed by atoms with E-state index in [1.165, 1.54) is 4.90 Å². The summed E-state index contributed by atoms with van der Waals surface area (Å²) >= 11 is 6.48. The molecular formula is C22H16N2O3S2. The van der Waals surface area contributed by atoms with Crippen molar-refractivity contribution >= 4 is 57.2 Å². The molecule has 1 atom stereocenters. The number of pyridine rings is 1. The number of carboxylic acids is 1. The summed E-state index contributed by atoms with van der Waals surface area (Å²) < 4.78 is 0.257. The van der Waals surface area contributed by atoms with Gasteiger partial charge in [-0.25, -0.2) is 4.79 Å². The average Bonchev–Trinajstić information content (AvgIpc) is 2.99. The Bertz CT molecular complexity index is 1150. The Kier molecular flexibility index (Phi) is 5.42. The van der Waals surface area contributed by atoms with Crippen LogP contribution in [0, 0.1) is 0 Å². The second-order valence-electron chi connectivity index (χ2n) is 6.55. The van der Waals surface area contributed by atoms with Crippen LogP contribution < -0.4 is 0 Å². The van der Waals surface area contributed by atoms with Gasteiger partial charge in [-0.05, 0) is 35.4 Å². The van der Waals surface area contributed by atoms with Gasteiger partial charge in [-0.15, -0.1) is 0 Å². The number of aromatic nitrogens is 1. The Morgan fingerprint density at radius 3 is 2.72 bits per heavy atom. The Labute approximate surface area is 177 Å². The molecule has 2 aromatic carbocycles. The highest BCUT2D eigenvalue weighted by Crippen LogP contribution is 2.35. The molecule has 2 heterocycles. The molecule has 29 heavy (non-hydrogen) atoms. The van der Waals surface area contributed by atoms with E-state index in [4.69, 9.17) is 12.2 Å². The minimum atomic E-state index is -1.08. The van der Waals surface area contributed by atoms with Gasteiger partial charge in [0.25, 0.3) is 5.91 Å². The molecule has 1 saturated heterocycles. The maximum Gasteiger partial charge on any atom is 0.327 e. The normalized spacial score (nSPS) is 16.6. The Hall–Kier alpha value is -3.03. The molecule has 7 heteroatoms. The van der Waals surface area contributed by atoms with Gasteiger partial charge in [0.2, 0.25) is 0 Å². The molecule has 1 N–H and O–H groups in total. The predicted molar refractivity (Wildman–Crippen MR) is 118 cm³/mol. The lowest BCUT2D eigenvalue weighted by Crippen LogP contribution is -2.45. The van der Waals surface area contributed by atoms with E-state index >= 15 is 0 Å². The highest BCUT2D eigenvalue weighted by Gasteiger charge is 2.40. The van der Waals surface area contributed by atoms with E-state index < -0.39 is 12.0 Å². The number of thiocarbonyl (C=S) groups is 1. The number of fused-ring (bicyclic) bond motifs is 1. The van der Waals surface area contributed by atoms with Crippen LogP contribution in [0.15, 0.2) is 71.8 Å². The van der Waals surface area contributed by atoms with Gasteiger partial charge in [0.15, 0.2) is 0 Å². The van der Waals surface area contributed by atoms with Crippen LogP contribution in [-0.4, -0.2) is 37.2 Å². The second kappa shape index (κ2) is 8.14. The molecular weight excluding hydrogens is 404 g/mol. The number of nitrogens with zero attached hydrogens (tertiary/aromatic N) is 2. The van der Waals surface area contributed by atoms with Gasteiger partial charge >= 0.3 is 5.97 Å². The van der Waals surface area contributed by atoms with Crippen molar-refractivity contribution in [2.45, 2.75) is 12.5 Å². The number of carbonyl (C=O) groups excluding carboxylic acids is 1. The van der Waals surface area contributed by atoms with Crippen LogP contribution in [-0.2, 0) is 16.0 Å². The van der Waals surface area contributed by atoms with Crippen LogP contribution in [0.2, 0.25) is 0 Å². The van der Waals surface area contributed by atoms with Crippen LogP contribution in [0.25, 0.3) is 17.0 Å². The summed E-state index contributed by atoms with van der Waals surface area (Å²) in [5.74, 6) is -1.46. The van der Waals surface area contributed by atoms with E-state index in [9.17, 15) is 14.7 Å². The minimum absolute atomic E-state index is 0.192. The molecule has 3 aromatic rings. The summed E-state index contributed by atoms with van der Waals surface area (Å²) in [5, 5.41) is 10.7. The van der Waals surface area contributed by atoms with Crippen molar-refractivity contribution in [1.82, 2.24) is 9.88 Å². The third-order valence-corrected chi connectivity index (χ3v) is 5.95. The minimum Gasteiger partial charge on any atom is -0.480 e. The molecule has 4 rings (SSSR count). The Balaban J connectivity index is 1.62. The molecule has 144 valence electrons. The van der Waals surface area contributed by atoms with Crippen LogP contribution in [0.1, 0.15) is 11.1 Å². The van der Waals surface area contributed by atoms with Gasteiger partial charge in [-0.3, -0.25) is 14.7 Å². The first kappa shape index (κ1) is 19.3. The van der Waals surface area contributed by atoms with Crippen molar-refractivity contribution < 1.29 is 14.7 Å². The van der Waals surface area contributed by atoms with Crippen molar-refractivity contribution in [1.29, 1.82) is 0 Å². The number of carboxylic acid groups (broad SMARTS) is 1. The lowest BCUT2D eigenvalue weighted by Gasteiger charge is -2.23. The van der Waals surface area contributed by atoms with Crippen LogP contribution in [0.4, 0.5) is 0 Å². The zero-order chi connectivity index (χ0) is 20.4. The van der Waals surface area contributed by atoms with Crippen LogP contribution >= 0.6 is 24.0 Å². The van der Waals surface area contributed by atoms with E-state index in [0.29, 0.717) is 4.91 Å². The third kappa shape index (κ3) is 4.06. The van der Waals surface area contributed by atoms with Gasteiger partial charge in [0, 0.05) is 18.0 Å². The highest BCUT2D eigenvalue weighted by atomic mass is 32.2. The van der Waals surface area contributed by atoms with E-state index in [2.05, 4.69) is 4.98 Å². The molecule has 0 aliphatic carbocycles. The average molecular weight is 421 g/mol. The Morgan fingerprint density at radius 1 is 1.17 bits per heavy atom. The number of rotatable bonds is 5. The largest absolute Gasteiger partial charge is 0.480 e. The molecule has 1 aromatic heterocycles. The summed E-state index contributed by atoms with van der Waals surface area (Å²) in [4.78, 5) is 30.8. The first-order valence-corrected chi connectivity index (χ1v) is 10.1. The summed E-state index contributed by atoms with van der Waals surface area (Å²) in [6, 6.07) is 17.7. The first-order valence-electron chi connectivity index (χ1n) is 8.91. The van der Waals surface area contributed by atoms with Crippen molar-refractivity contribution in [3.63, 3.8) is 0 Å². The summed E-state index contributed by atoms with van der Waals surface area (Å²) in [6.07, 6.45) is 3.66. The number of thioether (sulfide) groups is 1. The maximum atomic E-state index is 13.0. The fourth-order valence-corrected chi connectivity index (χ4v) is 4.57. The molecule has 0 saturated carbocycles. The van der Waals surface area contributed by atoms with E-state index in [0.717, 1.165) is 33.8 Å². The molecule has 1 unspecified atom stereocenters. The van der Waals surface area contributed by atoms with Crippen LogP contribution in [0.5, 0.6) is 0 Å². The fourth-order valence-electron chi connectivity index (χ4n) is 3.21. The summed E-state index contributed by atoms with van der Waals surface area (Å²) in [7, 11) is 0. The van der Waals surface area contributed by atoms with E-state index in [-0.39, 0.29) is 16.6 Å². The summed E-state index contributed by atoms with van der Waals surface area (Å²) in [5.41, 5.74) is 2.53. The van der Waals surface area contributed by atoms with Crippen LogP contribution in [0.3, 0.4) is 0 Å². The maximum absolute atomic E-state index is 13.0. The molecule has 1 aliphatic heterocycles. The van der Waals surface area contributed by atoms with E-state index in [1.807, 2.05) is 60.7 Å². The SMILES string of the molecule is O=C(O)C(Cc1ccccc1)N1C(=O)/C(=C/c2ccc3ncccc3c2)SC1=S. The molecule has 5 nitrogen and oxygen atoms in total. The molecule has 1 fully saturated rings. The number of aliphatic carboxylic acids is 1. The lowest BCUT2D eigenvalue weighted by molar-refractivity contribution is -0.145. The molecule has 1 amide bonds. The van der Waals surface area contributed by atoms with Gasteiger partial charge < -0.3 is 5.11 Å². The molecule has 0 bridgehead atoms. The molecule has 0 radical (unpaired) electrons. The molecule has 1 aliphatic rings. The summed E-state index contributed by atoms with van der Waals surface area (Å²) in [6.45, 7) is 0. The zero-order valence-corrected chi connectivity index (χ0v) is 16.8. The van der Waals surface area contributed by atoms with Crippen molar-refractivity contribution in [3.05, 3.63) is 82.9 Å². The number of hydrogen-bond acceptors (Lipinski definition) is 5. The first-order chi connectivity index (χ1) is 14.0. The smallest absolute Gasteiger partial charge is 0.327 e. The lowest BCUT2D eigenvalue weighted by atomic mass is 10.0. The second-order valence-corrected chi connectivity index (χ2v) is 8.23. The van der Waals surface area contributed by atoms with Crippen molar-refractivity contribution in [2.24, 2.45) is 0 Å². The number of amides is 1.